The van der Waals surface area contributed by atoms with E-state index >= 15 is 0 Å². The highest BCUT2D eigenvalue weighted by Gasteiger charge is 2.15. The molecule has 3 rings (SSSR count). The first kappa shape index (κ1) is 18.2. The number of carbonyl (C=O) groups is 1. The number of carbonyl (C=O) groups excluding carboxylic acids is 1. The van der Waals surface area contributed by atoms with Crippen LogP contribution >= 0.6 is 0 Å². The largest absolute Gasteiger partial charge is 0.464 e. The lowest BCUT2D eigenvalue weighted by molar-refractivity contribution is -0.121. The maximum Gasteiger partial charge on any atom is 0.339 e. The van der Waals surface area contributed by atoms with Crippen LogP contribution in [-0.2, 0) is 11.2 Å². The lowest BCUT2D eigenvalue weighted by Crippen LogP contribution is -2.34. The number of aliphatic hydroxyl groups is 2. The normalized spacial score (nSPS) is 12.6. The van der Waals surface area contributed by atoms with Crippen molar-refractivity contribution < 1.29 is 23.8 Å². The van der Waals surface area contributed by atoms with E-state index in [9.17, 15) is 14.7 Å². The fraction of sp³-hybridized carbons (Fsp3) is 0.368. The smallest absolute Gasteiger partial charge is 0.339 e. The lowest BCUT2D eigenvalue weighted by atomic mass is 10.0. The Bertz CT molecular complexity index is 1020. The number of rotatable bonds is 6. The number of fused-ring (bicyclic) bond motifs is 2. The quantitative estimate of drug-likeness (QED) is 0.576. The topological polar surface area (TPSA) is 113 Å². The van der Waals surface area contributed by atoms with E-state index in [1.807, 2.05) is 19.9 Å². The van der Waals surface area contributed by atoms with Crippen LogP contribution in [0.15, 0.2) is 32.0 Å². The number of aliphatic hydroxyl groups excluding tert-OH is 2. The van der Waals surface area contributed by atoms with Gasteiger partial charge in [-0.1, -0.05) is 0 Å². The highest BCUT2D eigenvalue weighted by atomic mass is 16.4. The molecule has 1 atom stereocenters. The van der Waals surface area contributed by atoms with Crippen molar-refractivity contribution in [3.05, 3.63) is 45.5 Å². The molecule has 0 aliphatic rings. The van der Waals surface area contributed by atoms with Gasteiger partial charge >= 0.3 is 5.63 Å². The third-order valence-electron chi connectivity index (χ3n) is 4.52. The maximum atomic E-state index is 12.3. The summed E-state index contributed by atoms with van der Waals surface area (Å²) < 4.78 is 10.9. The molecule has 0 spiro atoms. The Kier molecular flexibility index (Phi) is 5.11. The van der Waals surface area contributed by atoms with E-state index in [0.717, 1.165) is 21.9 Å². The zero-order chi connectivity index (χ0) is 18.8. The molecular weight excluding hydrogens is 338 g/mol. The molecule has 0 aliphatic heterocycles. The first-order valence-electron chi connectivity index (χ1n) is 8.40. The number of aryl methyl sites for hydroxylation is 2. The Balaban J connectivity index is 1.86. The van der Waals surface area contributed by atoms with E-state index < -0.39 is 18.3 Å². The minimum absolute atomic E-state index is 0.0294. The third kappa shape index (κ3) is 3.49. The molecule has 0 radical (unpaired) electrons. The lowest BCUT2D eigenvalue weighted by Gasteiger charge is -2.10. The highest BCUT2D eigenvalue weighted by Crippen LogP contribution is 2.28. The van der Waals surface area contributed by atoms with Crippen molar-refractivity contribution in [2.45, 2.75) is 32.8 Å². The molecule has 3 N–H and O–H groups in total. The highest BCUT2D eigenvalue weighted by molar-refractivity contribution is 5.96. The van der Waals surface area contributed by atoms with Gasteiger partial charge in [0.25, 0.3) is 0 Å². The van der Waals surface area contributed by atoms with Crippen LogP contribution in [0.2, 0.25) is 0 Å². The molecule has 0 aliphatic carbocycles. The zero-order valence-electron chi connectivity index (χ0n) is 14.7. The van der Waals surface area contributed by atoms with E-state index in [1.54, 1.807) is 12.3 Å². The van der Waals surface area contributed by atoms with Gasteiger partial charge in [0.05, 0.1) is 19.0 Å². The number of benzene rings is 1. The molecule has 0 bridgehead atoms. The molecule has 0 saturated carbocycles. The predicted octanol–water partition coefficient (Wildman–Crippen LogP) is 1.56. The van der Waals surface area contributed by atoms with Crippen LogP contribution < -0.4 is 10.9 Å². The minimum atomic E-state index is -0.993. The molecule has 0 unspecified atom stereocenters. The molecule has 2 heterocycles. The van der Waals surface area contributed by atoms with Crippen molar-refractivity contribution in [3.8, 4) is 0 Å². The van der Waals surface area contributed by atoms with E-state index in [1.165, 1.54) is 0 Å². The van der Waals surface area contributed by atoms with E-state index in [0.29, 0.717) is 16.7 Å². The Morgan fingerprint density at radius 2 is 2.00 bits per heavy atom. The van der Waals surface area contributed by atoms with Crippen LogP contribution in [0.3, 0.4) is 0 Å². The van der Waals surface area contributed by atoms with Crippen molar-refractivity contribution in [2.75, 3.05) is 13.2 Å². The fourth-order valence-electron chi connectivity index (χ4n) is 2.95. The molecule has 1 amide bonds. The summed E-state index contributed by atoms with van der Waals surface area (Å²) in [6.45, 7) is 3.33. The van der Waals surface area contributed by atoms with E-state index in [-0.39, 0.29) is 25.3 Å². The SMILES string of the molecule is Cc1coc2cc3oc(=O)c(CCC(=O)NC[C@H](O)CO)c(C)c3cc12. The van der Waals surface area contributed by atoms with Crippen LogP contribution in [0.25, 0.3) is 21.9 Å². The summed E-state index contributed by atoms with van der Waals surface area (Å²) >= 11 is 0. The number of furan rings is 1. The number of amides is 1. The van der Waals surface area contributed by atoms with E-state index in [2.05, 4.69) is 5.32 Å². The standard InChI is InChI=1S/C19H21NO6/c1-10-9-25-16-6-17-15(5-14(10)16)11(2)13(19(24)26-17)3-4-18(23)20-7-12(22)8-21/h5-6,9,12,21-22H,3-4,7-8H2,1-2H3,(H,20,23)/t12-/m0/s1. The Hall–Kier alpha value is -2.64. The van der Waals surface area contributed by atoms with Gasteiger partial charge in [-0.2, -0.15) is 0 Å². The van der Waals surface area contributed by atoms with Crippen molar-refractivity contribution in [1.82, 2.24) is 5.32 Å². The number of hydrogen-bond donors (Lipinski definition) is 3. The summed E-state index contributed by atoms with van der Waals surface area (Å²) in [5, 5.41) is 22.3. The summed E-state index contributed by atoms with van der Waals surface area (Å²) in [7, 11) is 0. The molecular formula is C19H21NO6. The van der Waals surface area contributed by atoms with E-state index in [4.69, 9.17) is 13.9 Å². The second-order valence-corrected chi connectivity index (χ2v) is 6.40. The van der Waals surface area contributed by atoms with Crippen LogP contribution in [0.4, 0.5) is 0 Å². The second kappa shape index (κ2) is 7.31. The molecule has 138 valence electrons. The molecule has 0 fully saturated rings. The van der Waals surface area contributed by atoms with Gasteiger partial charge in [-0.3, -0.25) is 4.79 Å². The van der Waals surface area contributed by atoms with Gasteiger partial charge < -0.3 is 24.4 Å². The van der Waals surface area contributed by atoms with Crippen molar-refractivity contribution in [2.24, 2.45) is 0 Å². The summed E-state index contributed by atoms with van der Waals surface area (Å²) in [6, 6.07) is 3.64. The van der Waals surface area contributed by atoms with Crippen LogP contribution in [0.1, 0.15) is 23.1 Å². The number of hydrogen-bond acceptors (Lipinski definition) is 6. The van der Waals surface area contributed by atoms with Crippen molar-refractivity contribution in [3.63, 3.8) is 0 Å². The third-order valence-corrected chi connectivity index (χ3v) is 4.52. The summed E-state index contributed by atoms with van der Waals surface area (Å²) in [5.41, 5.74) is 2.87. The van der Waals surface area contributed by atoms with Crippen LogP contribution in [0, 0.1) is 13.8 Å². The second-order valence-electron chi connectivity index (χ2n) is 6.40. The van der Waals surface area contributed by atoms with Crippen LogP contribution in [0.5, 0.6) is 0 Å². The first-order valence-corrected chi connectivity index (χ1v) is 8.40. The number of nitrogens with one attached hydrogen (secondary N) is 1. The summed E-state index contributed by atoms with van der Waals surface area (Å²) in [4.78, 5) is 24.2. The maximum absolute atomic E-state index is 12.3. The molecule has 26 heavy (non-hydrogen) atoms. The van der Waals surface area contributed by atoms with Crippen LogP contribution in [-0.4, -0.2) is 35.4 Å². The molecule has 3 aromatic rings. The average molecular weight is 359 g/mol. The molecule has 2 aromatic heterocycles. The van der Waals surface area contributed by atoms with Crippen molar-refractivity contribution >= 4 is 27.8 Å². The zero-order valence-corrected chi connectivity index (χ0v) is 14.7. The van der Waals surface area contributed by atoms with Gasteiger partial charge in [0.15, 0.2) is 0 Å². The first-order chi connectivity index (χ1) is 12.4. The Morgan fingerprint density at radius 3 is 2.73 bits per heavy atom. The molecule has 7 nitrogen and oxygen atoms in total. The fourth-order valence-corrected chi connectivity index (χ4v) is 2.95. The average Bonchev–Trinajstić information content (AvgIpc) is 2.98. The molecule has 0 saturated heterocycles. The van der Waals surface area contributed by atoms with Gasteiger partial charge in [-0.05, 0) is 37.5 Å². The summed E-state index contributed by atoms with van der Waals surface area (Å²) in [6.07, 6.45) is 0.978. The molecule has 7 heteroatoms. The predicted molar refractivity (Wildman–Crippen MR) is 96.2 cm³/mol. The van der Waals surface area contributed by atoms with Gasteiger partial charge in [0, 0.05) is 35.4 Å². The Morgan fingerprint density at radius 1 is 1.23 bits per heavy atom. The van der Waals surface area contributed by atoms with Gasteiger partial charge in [0.2, 0.25) is 5.91 Å². The van der Waals surface area contributed by atoms with Crippen molar-refractivity contribution in [1.29, 1.82) is 0 Å². The van der Waals surface area contributed by atoms with Gasteiger partial charge in [-0.15, -0.1) is 0 Å². The Labute approximate surface area is 149 Å². The monoisotopic (exact) mass is 359 g/mol. The minimum Gasteiger partial charge on any atom is -0.464 e. The molecule has 1 aromatic carbocycles. The summed E-state index contributed by atoms with van der Waals surface area (Å²) in [5.74, 6) is -0.308. The van der Waals surface area contributed by atoms with Gasteiger partial charge in [-0.25, -0.2) is 4.79 Å². The van der Waals surface area contributed by atoms with Gasteiger partial charge in [0.1, 0.15) is 11.2 Å².